The number of anilines is 1. The fourth-order valence-electron chi connectivity index (χ4n) is 4.19. The van der Waals surface area contributed by atoms with Crippen molar-refractivity contribution in [2.45, 2.75) is 31.3 Å². The third-order valence-corrected chi connectivity index (χ3v) is 9.77. The van der Waals surface area contributed by atoms with Gasteiger partial charge in [-0.3, -0.25) is 9.32 Å². The standard InChI is InChI=1S/C22H28N5O13P3/c23-21-20-15(6-7-18(29)24-9-8-14-4-2-1-3-5-14)11-27(22(20)26-13-25-21)19-10-16(28)17(38-19)12-37-42(33,34)40-43(35,36)39-41(30,31)32/h1-7,11,13,16-17,19,28H,8-10,12H2,(H,24,29)(H,33,34)(H,35,36)(H2,23,25,26)(H2,30,31,32)/t16?,17-,19-/m1/s1. The summed E-state index contributed by atoms with van der Waals surface area (Å²) in [6.45, 7) is -0.427. The molecule has 4 rings (SSSR count). The Kier molecular flexibility index (Phi) is 10.3. The Morgan fingerprint density at radius 1 is 1.12 bits per heavy atom. The number of hydrogen-bond acceptors (Lipinski definition) is 12. The molecule has 0 aliphatic carbocycles. The number of nitrogens with zero attached hydrogens (tertiary/aromatic N) is 3. The first kappa shape index (κ1) is 33.1. The van der Waals surface area contributed by atoms with Crippen LogP contribution in [-0.2, 0) is 42.8 Å². The molecule has 0 saturated carbocycles. The summed E-state index contributed by atoms with van der Waals surface area (Å²) in [5, 5.41) is 13.7. The van der Waals surface area contributed by atoms with E-state index in [0.29, 0.717) is 29.6 Å². The lowest BCUT2D eigenvalue weighted by Gasteiger charge is -2.19. The van der Waals surface area contributed by atoms with Crippen LogP contribution in [0.1, 0.15) is 23.8 Å². The van der Waals surface area contributed by atoms with Crippen LogP contribution >= 0.6 is 23.5 Å². The number of aromatic nitrogens is 3. The summed E-state index contributed by atoms with van der Waals surface area (Å²) in [7, 11) is -16.7. The molecule has 43 heavy (non-hydrogen) atoms. The van der Waals surface area contributed by atoms with Gasteiger partial charge in [0, 0.05) is 30.8 Å². The van der Waals surface area contributed by atoms with Gasteiger partial charge in [0.05, 0.1) is 18.1 Å². The second-order valence-electron chi connectivity index (χ2n) is 9.13. The van der Waals surface area contributed by atoms with Crippen LogP contribution in [0, 0.1) is 0 Å². The van der Waals surface area contributed by atoms with Crippen LogP contribution in [-0.4, -0.2) is 70.5 Å². The molecule has 21 heteroatoms. The lowest BCUT2D eigenvalue weighted by atomic mass is 10.1. The van der Waals surface area contributed by atoms with Crippen molar-refractivity contribution in [3.05, 3.63) is 60.1 Å². The fraction of sp³-hybridized carbons (Fsp3) is 0.318. The van der Waals surface area contributed by atoms with Crippen molar-refractivity contribution in [2.75, 3.05) is 18.9 Å². The van der Waals surface area contributed by atoms with Gasteiger partial charge in [-0.05, 0) is 18.1 Å². The monoisotopic (exact) mass is 663 g/mol. The largest absolute Gasteiger partial charge is 0.490 e. The minimum Gasteiger partial charge on any atom is -0.390 e. The molecule has 3 aromatic rings. The van der Waals surface area contributed by atoms with Crippen LogP contribution in [0.5, 0.6) is 0 Å². The summed E-state index contributed by atoms with van der Waals surface area (Å²) in [6, 6.07) is 9.62. The summed E-state index contributed by atoms with van der Waals surface area (Å²) < 4.78 is 53.5. The molecule has 1 aromatic carbocycles. The van der Waals surface area contributed by atoms with Crippen molar-refractivity contribution in [3.63, 3.8) is 0 Å². The molecule has 1 saturated heterocycles. The van der Waals surface area contributed by atoms with E-state index in [4.69, 9.17) is 20.3 Å². The van der Waals surface area contributed by atoms with Crippen molar-refractivity contribution in [1.82, 2.24) is 19.9 Å². The van der Waals surface area contributed by atoms with Gasteiger partial charge in [-0.1, -0.05) is 30.3 Å². The summed E-state index contributed by atoms with van der Waals surface area (Å²) in [4.78, 5) is 56.9. The molecule has 3 unspecified atom stereocenters. The van der Waals surface area contributed by atoms with E-state index in [2.05, 4.69) is 28.4 Å². The van der Waals surface area contributed by atoms with Gasteiger partial charge in [-0.2, -0.15) is 8.62 Å². The minimum absolute atomic E-state index is 0.0682. The summed E-state index contributed by atoms with van der Waals surface area (Å²) in [5.41, 5.74) is 7.90. The molecule has 0 bridgehead atoms. The van der Waals surface area contributed by atoms with E-state index < -0.39 is 48.5 Å². The number of amides is 1. The Morgan fingerprint density at radius 2 is 1.84 bits per heavy atom. The predicted octanol–water partition coefficient (Wildman–Crippen LogP) is 1.38. The quantitative estimate of drug-likeness (QED) is 0.100. The average molecular weight is 663 g/mol. The van der Waals surface area contributed by atoms with Gasteiger partial charge in [0.2, 0.25) is 5.91 Å². The second-order valence-corrected chi connectivity index (χ2v) is 13.5. The van der Waals surface area contributed by atoms with Gasteiger partial charge in [0.15, 0.2) is 0 Å². The lowest BCUT2D eigenvalue weighted by Crippen LogP contribution is -2.26. The van der Waals surface area contributed by atoms with E-state index >= 15 is 0 Å². The number of rotatable bonds is 13. The number of carbonyl (C=O) groups excluding carboxylic acids is 1. The van der Waals surface area contributed by atoms with E-state index in [-0.39, 0.29) is 18.1 Å². The van der Waals surface area contributed by atoms with Gasteiger partial charge in [-0.15, -0.1) is 0 Å². The maximum Gasteiger partial charge on any atom is 0.490 e. The zero-order valence-electron chi connectivity index (χ0n) is 22.0. The van der Waals surface area contributed by atoms with Crippen LogP contribution < -0.4 is 11.1 Å². The van der Waals surface area contributed by atoms with Crippen LogP contribution in [0.3, 0.4) is 0 Å². The molecule has 1 amide bonds. The van der Waals surface area contributed by atoms with E-state index in [0.717, 1.165) is 5.56 Å². The zero-order chi connectivity index (χ0) is 31.4. The molecule has 8 N–H and O–H groups in total. The first-order valence-electron chi connectivity index (χ1n) is 12.4. The molecular formula is C22H28N5O13P3. The zero-order valence-corrected chi connectivity index (χ0v) is 24.7. The molecule has 2 aromatic heterocycles. The number of carbonyl (C=O) groups is 1. The number of nitrogen functional groups attached to an aromatic ring is 1. The summed E-state index contributed by atoms with van der Waals surface area (Å²) in [6.07, 6.45) is 2.71. The smallest absolute Gasteiger partial charge is 0.390 e. The molecule has 5 atom stereocenters. The van der Waals surface area contributed by atoms with Crippen LogP contribution in [0.25, 0.3) is 17.1 Å². The summed E-state index contributed by atoms with van der Waals surface area (Å²) in [5.74, 6) is -0.248. The Morgan fingerprint density at radius 3 is 2.53 bits per heavy atom. The van der Waals surface area contributed by atoms with E-state index in [1.54, 1.807) is 6.20 Å². The number of nitrogens with one attached hydrogen (secondary N) is 1. The predicted molar refractivity (Wildman–Crippen MR) is 148 cm³/mol. The molecule has 0 spiro atoms. The minimum atomic E-state index is -5.71. The van der Waals surface area contributed by atoms with Gasteiger partial charge >= 0.3 is 23.5 Å². The van der Waals surface area contributed by atoms with Gasteiger partial charge in [0.1, 0.15) is 30.1 Å². The number of phosphoric ester groups is 1. The van der Waals surface area contributed by atoms with E-state index in [1.807, 2.05) is 30.3 Å². The SMILES string of the molecule is Nc1ncnc2c1c(C=CC(=O)NCCc1ccccc1)cn2[C@H]1CC(O)[C@@H](COP(=O)(O)OP(=O)(O)OP(=O)(O)O)O1. The molecule has 3 heterocycles. The molecule has 1 aliphatic rings. The first-order valence-corrected chi connectivity index (χ1v) is 16.9. The number of aliphatic hydroxyl groups excluding tert-OH is 1. The van der Waals surface area contributed by atoms with Crippen molar-refractivity contribution in [3.8, 4) is 0 Å². The van der Waals surface area contributed by atoms with Crippen molar-refractivity contribution in [1.29, 1.82) is 0 Å². The molecular weight excluding hydrogens is 635 g/mol. The number of aliphatic hydroxyl groups is 1. The van der Waals surface area contributed by atoms with Crippen LogP contribution in [0.2, 0.25) is 0 Å². The van der Waals surface area contributed by atoms with Crippen LogP contribution in [0.15, 0.2) is 48.9 Å². The first-order chi connectivity index (χ1) is 20.1. The van der Waals surface area contributed by atoms with Gasteiger partial charge < -0.3 is 45.0 Å². The van der Waals surface area contributed by atoms with Crippen molar-refractivity contribution >= 4 is 52.3 Å². The van der Waals surface area contributed by atoms with Crippen molar-refractivity contribution in [2.24, 2.45) is 0 Å². The lowest BCUT2D eigenvalue weighted by molar-refractivity contribution is -0.116. The van der Waals surface area contributed by atoms with E-state index in [1.165, 1.54) is 23.0 Å². The Bertz CT molecular complexity index is 1630. The molecule has 1 aliphatic heterocycles. The topological polar surface area (TPSA) is 275 Å². The van der Waals surface area contributed by atoms with Crippen LogP contribution in [0.4, 0.5) is 5.82 Å². The highest BCUT2D eigenvalue weighted by Gasteiger charge is 2.43. The fourth-order valence-corrected chi connectivity index (χ4v) is 7.22. The normalized spacial score (nSPS) is 22.0. The van der Waals surface area contributed by atoms with E-state index in [9.17, 15) is 33.4 Å². The highest BCUT2D eigenvalue weighted by atomic mass is 31.3. The Labute approximate surface area is 243 Å². The Hall–Kier alpha value is -2.82. The average Bonchev–Trinajstić information content (AvgIpc) is 3.45. The number of nitrogens with two attached hydrogens (primary N) is 1. The number of hydrogen-bond donors (Lipinski definition) is 7. The number of benzene rings is 1. The summed E-state index contributed by atoms with van der Waals surface area (Å²) >= 11 is 0. The number of ether oxygens (including phenoxy) is 1. The highest BCUT2D eigenvalue weighted by molar-refractivity contribution is 7.66. The Balaban J connectivity index is 1.42. The van der Waals surface area contributed by atoms with Crippen molar-refractivity contribution < 1.29 is 61.1 Å². The molecule has 18 nitrogen and oxygen atoms in total. The second kappa shape index (κ2) is 13.4. The molecule has 1 fully saturated rings. The number of phosphoric acid groups is 3. The van der Waals surface area contributed by atoms with Gasteiger partial charge in [0.25, 0.3) is 0 Å². The van der Waals surface area contributed by atoms with Gasteiger partial charge in [-0.25, -0.2) is 23.7 Å². The molecule has 234 valence electrons. The maximum absolute atomic E-state index is 12.4. The third kappa shape index (κ3) is 9.33. The highest BCUT2D eigenvalue weighted by Crippen LogP contribution is 2.66. The number of fused-ring (bicyclic) bond motifs is 1. The maximum atomic E-state index is 12.4. The third-order valence-electron chi connectivity index (χ3n) is 5.97. The molecule has 0 radical (unpaired) electrons.